The van der Waals surface area contributed by atoms with E-state index in [0.717, 1.165) is 42.0 Å². The molecule has 0 aliphatic heterocycles. The molecular formula is C17H22BrN3. The number of nitrogens with zero attached hydrogens (tertiary/aromatic N) is 2. The van der Waals surface area contributed by atoms with E-state index in [1.807, 2.05) is 0 Å². The Kier molecular flexibility index (Phi) is 6.21. The van der Waals surface area contributed by atoms with Gasteiger partial charge in [0.05, 0.1) is 5.69 Å². The van der Waals surface area contributed by atoms with Crippen molar-refractivity contribution in [2.45, 2.75) is 26.4 Å². The molecule has 4 heteroatoms. The van der Waals surface area contributed by atoms with Gasteiger partial charge in [-0.25, -0.2) is 4.98 Å². The summed E-state index contributed by atoms with van der Waals surface area (Å²) in [7, 11) is 2.08. The molecule has 0 aliphatic rings. The third kappa shape index (κ3) is 5.14. The SMILES string of the molecule is CCCNCc1cccc(N(C)Cc2ccc(Br)cc2)n1. The van der Waals surface area contributed by atoms with Crippen molar-refractivity contribution in [2.24, 2.45) is 0 Å². The Morgan fingerprint density at radius 2 is 1.90 bits per heavy atom. The summed E-state index contributed by atoms with van der Waals surface area (Å²) in [6.45, 7) is 4.88. The smallest absolute Gasteiger partial charge is 0.128 e. The molecule has 0 amide bonds. The van der Waals surface area contributed by atoms with E-state index in [-0.39, 0.29) is 0 Å². The summed E-state index contributed by atoms with van der Waals surface area (Å²) in [5.41, 5.74) is 2.36. The van der Waals surface area contributed by atoms with Gasteiger partial charge in [-0.05, 0) is 42.8 Å². The first kappa shape index (κ1) is 16.0. The molecule has 0 bridgehead atoms. The standard InChI is InChI=1S/C17H22BrN3/c1-3-11-19-12-16-5-4-6-17(20-16)21(2)13-14-7-9-15(18)10-8-14/h4-10,19H,3,11-13H2,1-2H3. The van der Waals surface area contributed by atoms with Crippen LogP contribution in [0.3, 0.4) is 0 Å². The van der Waals surface area contributed by atoms with Crippen molar-refractivity contribution in [3.05, 3.63) is 58.2 Å². The van der Waals surface area contributed by atoms with E-state index in [9.17, 15) is 0 Å². The second-order valence-corrected chi connectivity index (χ2v) is 6.06. The van der Waals surface area contributed by atoms with E-state index < -0.39 is 0 Å². The van der Waals surface area contributed by atoms with Crippen molar-refractivity contribution in [2.75, 3.05) is 18.5 Å². The average molecular weight is 348 g/mol. The van der Waals surface area contributed by atoms with Crippen LogP contribution >= 0.6 is 15.9 Å². The molecule has 1 aromatic heterocycles. The summed E-state index contributed by atoms with van der Waals surface area (Å²) in [6.07, 6.45) is 1.14. The number of nitrogens with one attached hydrogen (secondary N) is 1. The number of hydrogen-bond donors (Lipinski definition) is 1. The normalized spacial score (nSPS) is 10.6. The van der Waals surface area contributed by atoms with Crippen molar-refractivity contribution in [1.82, 2.24) is 10.3 Å². The van der Waals surface area contributed by atoms with Crippen LogP contribution in [0.4, 0.5) is 5.82 Å². The Hall–Kier alpha value is -1.39. The quantitative estimate of drug-likeness (QED) is 0.767. The van der Waals surface area contributed by atoms with Crippen LogP contribution in [0.5, 0.6) is 0 Å². The fourth-order valence-corrected chi connectivity index (χ4v) is 2.38. The minimum Gasteiger partial charge on any atom is -0.355 e. The molecule has 2 rings (SSSR count). The van der Waals surface area contributed by atoms with Crippen molar-refractivity contribution in [3.63, 3.8) is 0 Å². The summed E-state index contributed by atoms with van der Waals surface area (Å²) in [5.74, 6) is 1.01. The molecule has 0 radical (unpaired) electrons. The van der Waals surface area contributed by atoms with Crippen molar-refractivity contribution >= 4 is 21.7 Å². The molecule has 0 atom stereocenters. The van der Waals surface area contributed by atoms with Gasteiger partial charge in [-0.15, -0.1) is 0 Å². The van der Waals surface area contributed by atoms with Gasteiger partial charge in [0.15, 0.2) is 0 Å². The number of halogens is 1. The number of rotatable bonds is 7. The summed E-state index contributed by atoms with van der Waals surface area (Å²) < 4.78 is 1.11. The number of hydrogen-bond acceptors (Lipinski definition) is 3. The first-order chi connectivity index (χ1) is 10.2. The van der Waals surface area contributed by atoms with Gasteiger partial charge < -0.3 is 10.2 Å². The van der Waals surface area contributed by atoms with Crippen LogP contribution in [-0.4, -0.2) is 18.6 Å². The minimum absolute atomic E-state index is 0.827. The fraction of sp³-hybridized carbons (Fsp3) is 0.353. The van der Waals surface area contributed by atoms with E-state index in [2.05, 4.69) is 82.6 Å². The Balaban J connectivity index is 1.99. The Labute approximate surface area is 135 Å². The number of pyridine rings is 1. The number of aromatic nitrogens is 1. The molecule has 0 fully saturated rings. The van der Waals surface area contributed by atoms with Gasteiger partial charge in [0.2, 0.25) is 0 Å². The first-order valence-corrected chi connectivity index (χ1v) is 8.10. The molecule has 21 heavy (non-hydrogen) atoms. The van der Waals surface area contributed by atoms with Crippen LogP contribution in [0.25, 0.3) is 0 Å². The monoisotopic (exact) mass is 347 g/mol. The number of anilines is 1. The Bertz CT molecular complexity index is 554. The highest BCUT2D eigenvalue weighted by Gasteiger charge is 2.05. The van der Waals surface area contributed by atoms with Gasteiger partial charge in [-0.1, -0.05) is 41.1 Å². The van der Waals surface area contributed by atoms with E-state index in [0.29, 0.717) is 0 Å². The highest BCUT2D eigenvalue weighted by atomic mass is 79.9. The van der Waals surface area contributed by atoms with E-state index in [1.54, 1.807) is 0 Å². The van der Waals surface area contributed by atoms with Crippen LogP contribution in [0.2, 0.25) is 0 Å². The van der Waals surface area contributed by atoms with Crippen LogP contribution in [0.1, 0.15) is 24.6 Å². The highest BCUT2D eigenvalue weighted by Crippen LogP contribution is 2.15. The third-order valence-electron chi connectivity index (χ3n) is 3.25. The van der Waals surface area contributed by atoms with E-state index in [4.69, 9.17) is 4.98 Å². The predicted molar refractivity (Wildman–Crippen MR) is 92.5 cm³/mol. The average Bonchev–Trinajstić information content (AvgIpc) is 2.50. The van der Waals surface area contributed by atoms with Gasteiger partial charge in [0.1, 0.15) is 5.82 Å². The zero-order valence-electron chi connectivity index (χ0n) is 12.6. The third-order valence-corrected chi connectivity index (χ3v) is 3.78. The first-order valence-electron chi connectivity index (χ1n) is 7.31. The molecule has 1 heterocycles. The molecule has 112 valence electrons. The van der Waals surface area contributed by atoms with E-state index in [1.165, 1.54) is 5.56 Å². The van der Waals surface area contributed by atoms with Crippen molar-refractivity contribution in [1.29, 1.82) is 0 Å². The summed E-state index contributed by atoms with van der Waals surface area (Å²) >= 11 is 3.46. The number of benzene rings is 1. The van der Waals surface area contributed by atoms with Crippen molar-refractivity contribution in [3.8, 4) is 0 Å². The molecule has 0 spiro atoms. The molecule has 0 aliphatic carbocycles. The van der Waals surface area contributed by atoms with Crippen LogP contribution in [0.15, 0.2) is 46.9 Å². The van der Waals surface area contributed by atoms with Gasteiger partial charge >= 0.3 is 0 Å². The maximum Gasteiger partial charge on any atom is 0.128 e. The lowest BCUT2D eigenvalue weighted by atomic mass is 10.2. The lowest BCUT2D eigenvalue weighted by molar-refractivity contribution is 0.663. The molecule has 0 saturated heterocycles. The minimum atomic E-state index is 0.827. The molecule has 3 nitrogen and oxygen atoms in total. The Morgan fingerprint density at radius 1 is 1.14 bits per heavy atom. The zero-order valence-corrected chi connectivity index (χ0v) is 14.2. The summed E-state index contributed by atoms with van der Waals surface area (Å²) in [4.78, 5) is 6.89. The topological polar surface area (TPSA) is 28.2 Å². The maximum atomic E-state index is 4.71. The molecular weight excluding hydrogens is 326 g/mol. The molecule has 0 unspecified atom stereocenters. The van der Waals surface area contributed by atoms with E-state index >= 15 is 0 Å². The van der Waals surface area contributed by atoms with Gasteiger partial charge in [-0.3, -0.25) is 0 Å². The van der Waals surface area contributed by atoms with Gasteiger partial charge in [-0.2, -0.15) is 0 Å². The second kappa shape index (κ2) is 8.15. The fourth-order valence-electron chi connectivity index (χ4n) is 2.12. The lowest BCUT2D eigenvalue weighted by Crippen LogP contribution is -2.19. The predicted octanol–water partition coefficient (Wildman–Crippen LogP) is 3.98. The zero-order chi connectivity index (χ0) is 15.1. The van der Waals surface area contributed by atoms with Gasteiger partial charge in [0, 0.05) is 24.6 Å². The molecule has 1 N–H and O–H groups in total. The second-order valence-electron chi connectivity index (χ2n) is 5.15. The van der Waals surface area contributed by atoms with Crippen LogP contribution in [0, 0.1) is 0 Å². The molecule has 1 aromatic carbocycles. The van der Waals surface area contributed by atoms with Crippen molar-refractivity contribution < 1.29 is 0 Å². The van der Waals surface area contributed by atoms with Gasteiger partial charge in [0.25, 0.3) is 0 Å². The Morgan fingerprint density at radius 3 is 2.62 bits per heavy atom. The highest BCUT2D eigenvalue weighted by molar-refractivity contribution is 9.10. The maximum absolute atomic E-state index is 4.71. The largest absolute Gasteiger partial charge is 0.355 e. The summed E-state index contributed by atoms with van der Waals surface area (Å²) in [5, 5.41) is 3.39. The summed E-state index contributed by atoms with van der Waals surface area (Å²) in [6, 6.07) is 14.6. The molecule has 0 saturated carbocycles. The lowest BCUT2D eigenvalue weighted by Gasteiger charge is -2.19. The molecule has 2 aromatic rings. The van der Waals surface area contributed by atoms with Crippen LogP contribution < -0.4 is 10.2 Å². The van der Waals surface area contributed by atoms with Crippen LogP contribution in [-0.2, 0) is 13.1 Å².